The number of thiocarbonyl (C=S) groups is 1. The first-order valence-electron chi connectivity index (χ1n) is 14.7. The third kappa shape index (κ3) is 12.5. The second-order valence-electron chi connectivity index (χ2n) is 10.1. The summed E-state index contributed by atoms with van der Waals surface area (Å²) >= 11 is 5.73. The Hall–Kier alpha value is -3.62. The number of fused-ring (bicyclic) bond motifs is 1. The fourth-order valence-corrected chi connectivity index (χ4v) is 4.63. The van der Waals surface area contributed by atoms with Crippen molar-refractivity contribution in [1.82, 2.24) is 16.0 Å². The van der Waals surface area contributed by atoms with Crippen molar-refractivity contribution >= 4 is 46.1 Å². The molecule has 0 radical (unpaired) electrons. The van der Waals surface area contributed by atoms with Crippen molar-refractivity contribution < 1.29 is 14.4 Å². The molecule has 0 aliphatic heterocycles. The second kappa shape index (κ2) is 20.3. The van der Waals surface area contributed by atoms with Crippen molar-refractivity contribution in [3.05, 3.63) is 83.4 Å². The Morgan fingerprint density at radius 3 is 2.02 bits per heavy atom. The molecule has 0 saturated heterocycles. The zero-order valence-corrected chi connectivity index (χ0v) is 26.6. The lowest BCUT2D eigenvalue weighted by atomic mass is 9.96. The molecule has 1 aliphatic carbocycles. The average Bonchev–Trinajstić information content (AvgIpc) is 3.77. The highest BCUT2D eigenvalue weighted by Gasteiger charge is 2.46. The van der Waals surface area contributed by atoms with Gasteiger partial charge in [0.25, 0.3) is 5.91 Å². The van der Waals surface area contributed by atoms with Gasteiger partial charge in [-0.3, -0.25) is 14.4 Å². The highest BCUT2D eigenvalue weighted by molar-refractivity contribution is 7.80. The lowest BCUT2D eigenvalue weighted by Crippen LogP contribution is -2.35. The van der Waals surface area contributed by atoms with E-state index in [0.29, 0.717) is 11.4 Å². The maximum Gasteiger partial charge on any atom is 0.284 e. The Balaban J connectivity index is 0.000000528. The molecule has 0 atom stereocenters. The monoisotopic (exact) mass is 592 g/mol. The molecule has 8 heteroatoms. The fourth-order valence-electron chi connectivity index (χ4n) is 4.23. The Kier molecular flexibility index (Phi) is 17.6. The summed E-state index contributed by atoms with van der Waals surface area (Å²) in [5.41, 5.74) is 7.62. The Labute approximate surface area is 257 Å². The number of benzene rings is 3. The van der Waals surface area contributed by atoms with Crippen molar-refractivity contribution in [3.8, 4) is 0 Å². The SMILES string of the molecule is CCCC(N)=O.CCCCC.CNC.O=CC(=O)NCc1ccccc1C(=S)NC1(c2cccc3ccccc23)CC1. The molecule has 3 aromatic rings. The van der Waals surface area contributed by atoms with Gasteiger partial charge in [-0.05, 0) is 55.3 Å². The number of nitrogens with one attached hydrogen (secondary N) is 3. The predicted octanol–water partition coefficient (Wildman–Crippen LogP) is 5.91. The van der Waals surface area contributed by atoms with E-state index in [1.54, 1.807) is 0 Å². The van der Waals surface area contributed by atoms with Gasteiger partial charge in [-0.2, -0.15) is 0 Å². The number of unbranched alkanes of at least 4 members (excludes halogenated alkanes) is 2. The fraction of sp³-hybridized carbons (Fsp3) is 0.412. The number of aldehydes is 1. The molecule has 1 saturated carbocycles. The zero-order chi connectivity index (χ0) is 31.4. The minimum Gasteiger partial charge on any atom is -0.370 e. The van der Waals surface area contributed by atoms with Crippen molar-refractivity contribution in [2.45, 2.75) is 77.8 Å². The molecule has 3 aromatic carbocycles. The summed E-state index contributed by atoms with van der Waals surface area (Å²) < 4.78 is 0. The van der Waals surface area contributed by atoms with E-state index in [-0.39, 0.29) is 24.3 Å². The van der Waals surface area contributed by atoms with Gasteiger partial charge in [-0.15, -0.1) is 0 Å². The van der Waals surface area contributed by atoms with Crippen LogP contribution in [0.3, 0.4) is 0 Å². The molecule has 0 spiro atoms. The van der Waals surface area contributed by atoms with Crippen LogP contribution in [0.5, 0.6) is 0 Å². The average molecular weight is 593 g/mol. The van der Waals surface area contributed by atoms with Gasteiger partial charge in [0.05, 0.1) is 5.54 Å². The second-order valence-corrected chi connectivity index (χ2v) is 10.5. The van der Waals surface area contributed by atoms with E-state index < -0.39 is 5.91 Å². The lowest BCUT2D eigenvalue weighted by Gasteiger charge is -2.23. The molecule has 0 bridgehead atoms. The number of hydrogen-bond donors (Lipinski definition) is 4. The third-order valence-electron chi connectivity index (χ3n) is 6.43. The molecule has 228 valence electrons. The van der Waals surface area contributed by atoms with Gasteiger partial charge < -0.3 is 21.7 Å². The minimum atomic E-state index is -0.636. The van der Waals surface area contributed by atoms with E-state index in [2.05, 4.69) is 66.2 Å². The minimum absolute atomic E-state index is 0.156. The van der Waals surface area contributed by atoms with Crippen LogP contribution in [0.2, 0.25) is 0 Å². The van der Waals surface area contributed by atoms with Crippen LogP contribution in [-0.4, -0.2) is 37.2 Å². The van der Waals surface area contributed by atoms with Crippen molar-refractivity contribution in [2.75, 3.05) is 14.1 Å². The van der Waals surface area contributed by atoms with Crippen LogP contribution in [-0.2, 0) is 26.5 Å². The number of primary amides is 1. The molecule has 5 N–H and O–H groups in total. The number of rotatable bonds is 10. The van der Waals surface area contributed by atoms with Gasteiger partial charge in [0.1, 0.15) is 4.99 Å². The van der Waals surface area contributed by atoms with Crippen LogP contribution in [0.25, 0.3) is 10.8 Å². The van der Waals surface area contributed by atoms with Gasteiger partial charge in [-0.25, -0.2) is 0 Å². The first-order chi connectivity index (χ1) is 20.2. The maximum atomic E-state index is 11.3. The largest absolute Gasteiger partial charge is 0.370 e. The number of amides is 2. The van der Waals surface area contributed by atoms with E-state index in [9.17, 15) is 14.4 Å². The van der Waals surface area contributed by atoms with Crippen molar-refractivity contribution in [2.24, 2.45) is 5.73 Å². The van der Waals surface area contributed by atoms with Crippen LogP contribution in [0.15, 0.2) is 66.7 Å². The first-order valence-corrected chi connectivity index (χ1v) is 15.1. The number of carbonyl (C=O) groups is 3. The standard InChI is InChI=1S/C23H20N2O2S.C5H12.C4H9NO.C2H7N/c26-15-21(27)24-14-17-7-2-4-10-19(17)22(28)25-23(12-13-23)20-11-5-8-16-6-1-3-9-18(16)20;1-3-5-4-2;1-2-3-4(5)6;1-3-2/h1-11,15H,12-14H2,(H,24,27)(H,25,28);3-5H2,1-2H3;2-3H2,1H3,(H2,5,6);3H,1-2H3. The molecule has 0 unspecified atom stereocenters. The highest BCUT2D eigenvalue weighted by Crippen LogP contribution is 2.48. The molecule has 0 heterocycles. The quantitative estimate of drug-likeness (QED) is 0.132. The first kappa shape index (κ1) is 36.4. The maximum absolute atomic E-state index is 11.3. The summed E-state index contributed by atoms with van der Waals surface area (Å²) in [6, 6.07) is 22.4. The summed E-state index contributed by atoms with van der Waals surface area (Å²) in [5.74, 6) is -0.847. The van der Waals surface area contributed by atoms with Gasteiger partial charge in [0.2, 0.25) is 12.2 Å². The third-order valence-corrected chi connectivity index (χ3v) is 6.76. The highest BCUT2D eigenvalue weighted by atomic mass is 32.1. The van der Waals surface area contributed by atoms with E-state index in [1.807, 2.05) is 51.4 Å². The molecule has 0 aromatic heterocycles. The van der Waals surface area contributed by atoms with Crippen LogP contribution in [0, 0.1) is 0 Å². The van der Waals surface area contributed by atoms with Crippen LogP contribution >= 0.6 is 12.2 Å². The number of hydrogen-bond acceptors (Lipinski definition) is 5. The molecule has 1 aliphatic rings. The van der Waals surface area contributed by atoms with E-state index >= 15 is 0 Å². The summed E-state index contributed by atoms with van der Waals surface area (Å²) in [7, 11) is 3.75. The zero-order valence-electron chi connectivity index (χ0n) is 25.8. The molecule has 7 nitrogen and oxygen atoms in total. The summed E-state index contributed by atoms with van der Waals surface area (Å²) in [6.07, 6.45) is 7.76. The normalized spacial score (nSPS) is 12.1. The van der Waals surface area contributed by atoms with E-state index in [0.717, 1.165) is 30.4 Å². The van der Waals surface area contributed by atoms with Crippen molar-refractivity contribution in [3.63, 3.8) is 0 Å². The van der Waals surface area contributed by atoms with Crippen LogP contribution < -0.4 is 21.7 Å². The van der Waals surface area contributed by atoms with Gasteiger partial charge in [0, 0.05) is 18.5 Å². The molecule has 1 fully saturated rings. The van der Waals surface area contributed by atoms with Crippen LogP contribution in [0.1, 0.15) is 82.4 Å². The van der Waals surface area contributed by atoms with Crippen molar-refractivity contribution in [1.29, 1.82) is 0 Å². The topological polar surface area (TPSA) is 113 Å². The molecule has 42 heavy (non-hydrogen) atoms. The molecular formula is C34H48N4O3S. The van der Waals surface area contributed by atoms with Gasteiger partial charge in [-0.1, -0.05) is 119 Å². The number of carbonyl (C=O) groups excluding carboxylic acids is 3. The molecule has 2 amide bonds. The number of nitrogens with two attached hydrogens (primary N) is 1. The lowest BCUT2D eigenvalue weighted by molar-refractivity contribution is -0.131. The van der Waals surface area contributed by atoms with E-state index in [1.165, 1.54) is 35.6 Å². The summed E-state index contributed by atoms with van der Waals surface area (Å²) in [5, 5.41) is 11.4. The molecule has 4 rings (SSSR count). The summed E-state index contributed by atoms with van der Waals surface area (Å²) in [4.78, 5) is 32.3. The Morgan fingerprint density at radius 1 is 0.905 bits per heavy atom. The smallest absolute Gasteiger partial charge is 0.284 e. The Bertz CT molecular complexity index is 1270. The van der Waals surface area contributed by atoms with E-state index in [4.69, 9.17) is 18.0 Å². The summed E-state index contributed by atoms with van der Waals surface area (Å²) in [6.45, 7) is 6.61. The van der Waals surface area contributed by atoms with Gasteiger partial charge >= 0.3 is 0 Å². The van der Waals surface area contributed by atoms with Crippen LogP contribution in [0.4, 0.5) is 0 Å². The predicted molar refractivity (Wildman–Crippen MR) is 178 cm³/mol. The Morgan fingerprint density at radius 2 is 1.50 bits per heavy atom. The van der Waals surface area contributed by atoms with Gasteiger partial charge in [0.15, 0.2) is 0 Å². The molecular weight excluding hydrogens is 544 g/mol.